The van der Waals surface area contributed by atoms with Crippen LogP contribution in [0, 0.1) is 0 Å². The maximum Gasteiger partial charge on any atom is 0.345 e. The first kappa shape index (κ1) is 10.8. The molecule has 1 aliphatic heterocycles. The van der Waals surface area contributed by atoms with Crippen LogP contribution in [0.4, 0.5) is 0 Å². The molecule has 2 aromatic rings. The first-order valence-corrected chi connectivity index (χ1v) is 5.52. The first-order chi connectivity index (χ1) is 8.63. The van der Waals surface area contributed by atoms with Gasteiger partial charge in [0.1, 0.15) is 11.4 Å². The highest BCUT2D eigenvalue weighted by atomic mass is 16.5. The number of aromatic nitrogens is 3. The molecule has 0 saturated carbocycles. The van der Waals surface area contributed by atoms with Crippen LogP contribution in [0.3, 0.4) is 0 Å². The van der Waals surface area contributed by atoms with Crippen molar-refractivity contribution in [1.82, 2.24) is 15.0 Å². The summed E-state index contributed by atoms with van der Waals surface area (Å²) in [7, 11) is 1.75. The Bertz CT molecular complexity index is 621. The molecule has 6 heteroatoms. The number of carboxylic acid groups (broad SMARTS) is 1. The third-order valence-corrected chi connectivity index (χ3v) is 2.91. The molecular weight excluding hydrogens is 234 g/mol. The Kier molecular flexibility index (Phi) is 2.29. The van der Waals surface area contributed by atoms with E-state index in [0.717, 1.165) is 16.8 Å². The zero-order valence-corrected chi connectivity index (χ0v) is 9.70. The lowest BCUT2D eigenvalue weighted by atomic mass is 10.1. The van der Waals surface area contributed by atoms with Crippen molar-refractivity contribution in [2.75, 3.05) is 0 Å². The summed E-state index contributed by atoms with van der Waals surface area (Å²) in [5, 5.41) is 17.1. The molecule has 0 aliphatic carbocycles. The number of hydrogen-bond donors (Lipinski definition) is 1. The van der Waals surface area contributed by atoms with Gasteiger partial charge in [-0.05, 0) is 23.8 Å². The van der Waals surface area contributed by atoms with Gasteiger partial charge in [-0.2, -0.15) is 15.0 Å². The van der Waals surface area contributed by atoms with Crippen molar-refractivity contribution in [3.05, 3.63) is 30.0 Å². The number of aryl methyl sites for hydroxylation is 1. The van der Waals surface area contributed by atoms with Gasteiger partial charge in [0, 0.05) is 19.0 Å². The lowest BCUT2D eigenvalue weighted by molar-refractivity contribution is -0.144. The van der Waals surface area contributed by atoms with Gasteiger partial charge in [0.25, 0.3) is 0 Å². The normalized spacial score (nSPS) is 17.3. The number of benzene rings is 1. The number of hydrogen-bond acceptors (Lipinski definition) is 4. The number of aliphatic carboxylic acids is 1. The fourth-order valence-electron chi connectivity index (χ4n) is 2.02. The van der Waals surface area contributed by atoms with Gasteiger partial charge in [-0.15, -0.1) is 0 Å². The van der Waals surface area contributed by atoms with Crippen LogP contribution < -0.4 is 4.74 Å². The lowest BCUT2D eigenvalue weighted by Gasteiger charge is -2.03. The van der Waals surface area contributed by atoms with Crippen LogP contribution >= 0.6 is 0 Å². The van der Waals surface area contributed by atoms with E-state index >= 15 is 0 Å². The number of fused-ring (bicyclic) bond motifs is 1. The molecule has 2 heterocycles. The van der Waals surface area contributed by atoms with E-state index in [9.17, 15) is 4.79 Å². The monoisotopic (exact) mass is 245 g/mol. The quantitative estimate of drug-likeness (QED) is 0.849. The standard InChI is InChI=1S/C12H11N3O3/c1-15-13-6-9(14-15)7-2-3-10-8(4-7)5-11(18-10)12(16)17/h2-4,6,11H,5H2,1H3,(H,16,17). The highest BCUT2D eigenvalue weighted by Crippen LogP contribution is 2.32. The van der Waals surface area contributed by atoms with Crippen LogP contribution in [-0.4, -0.2) is 32.2 Å². The topological polar surface area (TPSA) is 77.2 Å². The SMILES string of the molecule is Cn1ncc(-c2ccc3c(c2)CC(C(=O)O)O3)n1. The van der Waals surface area contributed by atoms with Gasteiger partial charge in [-0.1, -0.05) is 0 Å². The summed E-state index contributed by atoms with van der Waals surface area (Å²) in [6, 6.07) is 5.54. The minimum absolute atomic E-state index is 0.388. The highest BCUT2D eigenvalue weighted by molar-refractivity contribution is 5.75. The van der Waals surface area contributed by atoms with Gasteiger partial charge < -0.3 is 9.84 Å². The molecule has 1 aliphatic rings. The Labute approximate surface area is 103 Å². The number of nitrogens with zero attached hydrogens (tertiary/aromatic N) is 3. The molecule has 1 aromatic heterocycles. The lowest BCUT2D eigenvalue weighted by Crippen LogP contribution is -2.24. The second-order valence-corrected chi connectivity index (χ2v) is 4.19. The largest absolute Gasteiger partial charge is 0.478 e. The Morgan fingerprint density at radius 2 is 2.39 bits per heavy atom. The molecule has 0 bridgehead atoms. The van der Waals surface area contributed by atoms with Crippen LogP contribution in [0.15, 0.2) is 24.4 Å². The van der Waals surface area contributed by atoms with Crippen LogP contribution in [0.5, 0.6) is 5.75 Å². The molecule has 0 radical (unpaired) electrons. The maximum atomic E-state index is 10.9. The van der Waals surface area contributed by atoms with Crippen LogP contribution in [0.25, 0.3) is 11.3 Å². The molecular formula is C12H11N3O3. The molecule has 1 unspecified atom stereocenters. The van der Waals surface area contributed by atoms with Crippen molar-refractivity contribution in [2.24, 2.45) is 7.05 Å². The van der Waals surface area contributed by atoms with Crippen molar-refractivity contribution < 1.29 is 14.6 Å². The predicted octanol–water partition coefficient (Wildman–Crippen LogP) is 0.870. The predicted molar refractivity (Wildman–Crippen MR) is 62.2 cm³/mol. The van der Waals surface area contributed by atoms with E-state index in [-0.39, 0.29) is 0 Å². The number of carboxylic acids is 1. The Balaban J connectivity index is 1.94. The van der Waals surface area contributed by atoms with Crippen molar-refractivity contribution in [3.63, 3.8) is 0 Å². The summed E-state index contributed by atoms with van der Waals surface area (Å²) in [5.41, 5.74) is 2.57. The average molecular weight is 245 g/mol. The summed E-state index contributed by atoms with van der Waals surface area (Å²) in [6.45, 7) is 0. The second kappa shape index (κ2) is 3.83. The Morgan fingerprint density at radius 1 is 1.56 bits per heavy atom. The second-order valence-electron chi connectivity index (χ2n) is 4.19. The van der Waals surface area contributed by atoms with E-state index in [4.69, 9.17) is 9.84 Å². The summed E-state index contributed by atoms with van der Waals surface area (Å²) in [6.07, 6.45) is 1.28. The average Bonchev–Trinajstić information content (AvgIpc) is 2.93. The molecule has 92 valence electrons. The molecule has 0 saturated heterocycles. The number of carbonyl (C=O) groups is 1. The Morgan fingerprint density at radius 3 is 3.06 bits per heavy atom. The van der Waals surface area contributed by atoms with Crippen LogP contribution in [0.1, 0.15) is 5.56 Å². The van der Waals surface area contributed by atoms with Gasteiger partial charge in [0.05, 0.1) is 6.20 Å². The van der Waals surface area contributed by atoms with E-state index < -0.39 is 12.1 Å². The van der Waals surface area contributed by atoms with E-state index in [1.165, 1.54) is 4.80 Å². The van der Waals surface area contributed by atoms with Crippen molar-refractivity contribution in [3.8, 4) is 17.0 Å². The first-order valence-electron chi connectivity index (χ1n) is 5.52. The fourth-order valence-corrected chi connectivity index (χ4v) is 2.02. The molecule has 1 aromatic carbocycles. The van der Waals surface area contributed by atoms with Crippen LogP contribution in [-0.2, 0) is 18.3 Å². The van der Waals surface area contributed by atoms with Crippen molar-refractivity contribution in [2.45, 2.75) is 12.5 Å². The molecule has 6 nitrogen and oxygen atoms in total. The molecule has 0 amide bonds. The smallest absolute Gasteiger partial charge is 0.345 e. The third kappa shape index (κ3) is 1.71. The molecule has 0 spiro atoms. The van der Waals surface area contributed by atoms with Gasteiger partial charge >= 0.3 is 5.97 Å². The van der Waals surface area contributed by atoms with E-state index in [0.29, 0.717) is 12.2 Å². The molecule has 3 rings (SSSR count). The highest BCUT2D eigenvalue weighted by Gasteiger charge is 2.28. The summed E-state index contributed by atoms with van der Waals surface area (Å²) < 4.78 is 5.32. The zero-order chi connectivity index (χ0) is 12.7. The molecule has 1 atom stereocenters. The van der Waals surface area contributed by atoms with Gasteiger partial charge in [-0.25, -0.2) is 4.79 Å². The van der Waals surface area contributed by atoms with E-state index in [1.807, 2.05) is 12.1 Å². The van der Waals surface area contributed by atoms with E-state index in [2.05, 4.69) is 10.2 Å². The van der Waals surface area contributed by atoms with Gasteiger partial charge in [0.2, 0.25) is 0 Å². The van der Waals surface area contributed by atoms with Gasteiger partial charge in [-0.3, -0.25) is 0 Å². The maximum absolute atomic E-state index is 10.9. The minimum atomic E-state index is -0.938. The fraction of sp³-hybridized carbons (Fsp3) is 0.250. The molecule has 0 fully saturated rings. The number of ether oxygens (including phenoxy) is 1. The summed E-state index contributed by atoms with van der Waals surface area (Å²) in [4.78, 5) is 12.4. The van der Waals surface area contributed by atoms with E-state index in [1.54, 1.807) is 19.3 Å². The molecule has 1 N–H and O–H groups in total. The van der Waals surface area contributed by atoms with Gasteiger partial charge in [0.15, 0.2) is 6.10 Å². The van der Waals surface area contributed by atoms with Crippen LogP contribution in [0.2, 0.25) is 0 Å². The zero-order valence-electron chi connectivity index (χ0n) is 9.70. The summed E-state index contributed by atoms with van der Waals surface area (Å²) >= 11 is 0. The van der Waals surface area contributed by atoms with Crippen molar-refractivity contribution >= 4 is 5.97 Å². The minimum Gasteiger partial charge on any atom is -0.478 e. The van der Waals surface area contributed by atoms with Crippen molar-refractivity contribution in [1.29, 1.82) is 0 Å². The Hall–Kier alpha value is -2.37. The third-order valence-electron chi connectivity index (χ3n) is 2.91. The summed E-state index contributed by atoms with van der Waals surface area (Å²) in [5.74, 6) is -0.303. The number of rotatable bonds is 2. The molecule has 18 heavy (non-hydrogen) atoms.